The van der Waals surface area contributed by atoms with Gasteiger partial charge in [-0.2, -0.15) is 4.98 Å². The van der Waals surface area contributed by atoms with Crippen molar-refractivity contribution in [1.29, 1.82) is 0 Å². The zero-order valence-electron chi connectivity index (χ0n) is 23.2. The Hall–Kier alpha value is -4.83. The number of anilines is 2. The molecule has 3 aromatic rings. The molecule has 1 fully saturated rings. The van der Waals surface area contributed by atoms with Crippen LogP contribution in [0.1, 0.15) is 46.0 Å². The summed E-state index contributed by atoms with van der Waals surface area (Å²) in [6, 6.07) is 14.6. The standard InChI is InChI=1S/C30H33N7O5/c1-30(32,19-38)28(41)33-24-10-8-21(9-11-24)26(39)34-25-14-18-37(29(42)35-25)15-2-3-20-4-6-22(7-5-20)27(40)36-16-12-23(31)13-17-36/h4-11,14,18,23,38H,12-13,15-17,19,31-32H2,1H3,(H,33,41)(H,34,35,39,42). The number of rotatable bonds is 7. The van der Waals surface area contributed by atoms with Crippen molar-refractivity contribution in [3.05, 3.63) is 88.0 Å². The first-order chi connectivity index (χ1) is 20.1. The zero-order valence-corrected chi connectivity index (χ0v) is 23.2. The number of hydrogen-bond acceptors (Lipinski definition) is 8. The van der Waals surface area contributed by atoms with Gasteiger partial charge >= 0.3 is 5.69 Å². The SMILES string of the molecule is CC(N)(CO)C(=O)Nc1ccc(C(=O)Nc2ccn(CC#Cc3ccc(C(=O)N4CCC(N)CC4)cc3)c(=O)n2)cc1. The van der Waals surface area contributed by atoms with Gasteiger partial charge in [0.25, 0.3) is 11.8 Å². The summed E-state index contributed by atoms with van der Waals surface area (Å²) in [5.74, 6) is 4.88. The normalized spacial score (nSPS) is 14.7. The van der Waals surface area contributed by atoms with Gasteiger partial charge in [0.05, 0.1) is 13.2 Å². The second-order valence-electron chi connectivity index (χ2n) is 10.3. The minimum absolute atomic E-state index is 0.0226. The Morgan fingerprint density at radius 1 is 1.02 bits per heavy atom. The fourth-order valence-electron chi connectivity index (χ4n) is 4.07. The van der Waals surface area contributed by atoms with Gasteiger partial charge in [0, 0.05) is 47.7 Å². The fourth-order valence-corrected chi connectivity index (χ4v) is 4.07. The summed E-state index contributed by atoms with van der Waals surface area (Å²) in [7, 11) is 0. The van der Waals surface area contributed by atoms with E-state index < -0.39 is 29.6 Å². The highest BCUT2D eigenvalue weighted by Crippen LogP contribution is 2.15. The summed E-state index contributed by atoms with van der Waals surface area (Å²) in [6.45, 7) is 2.27. The molecule has 1 aromatic heterocycles. The van der Waals surface area contributed by atoms with Crippen LogP contribution in [0.5, 0.6) is 0 Å². The Morgan fingerprint density at radius 2 is 1.67 bits per heavy atom. The van der Waals surface area contributed by atoms with Crippen LogP contribution in [0.4, 0.5) is 11.5 Å². The van der Waals surface area contributed by atoms with Crippen LogP contribution in [0.25, 0.3) is 0 Å². The van der Waals surface area contributed by atoms with Crippen molar-refractivity contribution in [3.8, 4) is 11.8 Å². The third-order valence-electron chi connectivity index (χ3n) is 6.81. The van der Waals surface area contributed by atoms with Gasteiger partial charge < -0.3 is 32.1 Å². The first-order valence-electron chi connectivity index (χ1n) is 13.4. The topological polar surface area (TPSA) is 186 Å². The lowest BCUT2D eigenvalue weighted by molar-refractivity contribution is -0.121. The summed E-state index contributed by atoms with van der Waals surface area (Å²) in [6.07, 6.45) is 3.08. The fraction of sp³-hybridized carbons (Fsp3) is 0.300. The van der Waals surface area contributed by atoms with Gasteiger partial charge in [0.15, 0.2) is 0 Å². The number of benzene rings is 2. The van der Waals surface area contributed by atoms with Crippen LogP contribution < -0.4 is 27.8 Å². The molecule has 0 bridgehead atoms. The molecule has 3 amide bonds. The highest BCUT2D eigenvalue weighted by Gasteiger charge is 2.27. The van der Waals surface area contributed by atoms with E-state index in [2.05, 4.69) is 27.5 Å². The predicted molar refractivity (Wildman–Crippen MR) is 158 cm³/mol. The smallest absolute Gasteiger partial charge is 0.350 e. The Balaban J connectivity index is 1.31. The molecular weight excluding hydrogens is 538 g/mol. The van der Waals surface area contributed by atoms with E-state index in [0.717, 1.165) is 12.8 Å². The van der Waals surface area contributed by atoms with Gasteiger partial charge in [0.2, 0.25) is 5.91 Å². The molecule has 1 saturated heterocycles. The number of aromatic nitrogens is 2. The van der Waals surface area contributed by atoms with Gasteiger partial charge in [-0.25, -0.2) is 4.79 Å². The highest BCUT2D eigenvalue weighted by atomic mass is 16.3. The lowest BCUT2D eigenvalue weighted by atomic mass is 10.0. The molecule has 0 aliphatic carbocycles. The van der Waals surface area contributed by atoms with Crippen molar-refractivity contribution >= 4 is 29.2 Å². The monoisotopic (exact) mass is 571 g/mol. The Morgan fingerprint density at radius 3 is 2.29 bits per heavy atom. The number of nitrogens with zero attached hydrogens (tertiary/aromatic N) is 3. The number of nitrogens with two attached hydrogens (primary N) is 2. The number of carbonyl (C=O) groups excluding carboxylic acids is 3. The Kier molecular flexibility index (Phi) is 9.49. The number of amides is 3. The summed E-state index contributed by atoms with van der Waals surface area (Å²) in [4.78, 5) is 55.5. The summed E-state index contributed by atoms with van der Waals surface area (Å²) in [5, 5.41) is 14.3. The van der Waals surface area contributed by atoms with Crippen LogP contribution in [0.3, 0.4) is 0 Å². The third-order valence-corrected chi connectivity index (χ3v) is 6.81. The zero-order chi connectivity index (χ0) is 30.3. The average Bonchev–Trinajstić information content (AvgIpc) is 2.99. The molecule has 218 valence electrons. The van der Waals surface area contributed by atoms with Crippen molar-refractivity contribution in [1.82, 2.24) is 14.5 Å². The number of likely N-dealkylation sites (tertiary alicyclic amines) is 1. The molecule has 2 aromatic carbocycles. The molecule has 1 aliphatic heterocycles. The lowest BCUT2D eigenvalue weighted by Gasteiger charge is -2.30. The number of hydrogen-bond donors (Lipinski definition) is 5. The van der Waals surface area contributed by atoms with Gasteiger partial charge in [0.1, 0.15) is 11.4 Å². The second-order valence-corrected chi connectivity index (χ2v) is 10.3. The summed E-state index contributed by atoms with van der Waals surface area (Å²) >= 11 is 0. The minimum atomic E-state index is -1.44. The van der Waals surface area contributed by atoms with E-state index in [0.29, 0.717) is 29.9 Å². The number of nitrogens with one attached hydrogen (secondary N) is 2. The molecule has 1 aliphatic rings. The van der Waals surface area contributed by atoms with Crippen molar-refractivity contribution in [2.45, 2.75) is 37.9 Å². The molecule has 12 heteroatoms. The Labute approximate surface area is 242 Å². The van der Waals surface area contributed by atoms with Gasteiger partial charge in [-0.15, -0.1) is 0 Å². The van der Waals surface area contributed by atoms with E-state index in [1.54, 1.807) is 24.3 Å². The second kappa shape index (κ2) is 13.2. The molecular formula is C30H33N7O5. The van der Waals surface area contributed by atoms with Crippen molar-refractivity contribution in [2.24, 2.45) is 11.5 Å². The first kappa shape index (κ1) is 30.1. The molecule has 4 rings (SSSR count). The number of carbonyl (C=O) groups is 3. The average molecular weight is 572 g/mol. The van der Waals surface area contributed by atoms with Crippen molar-refractivity contribution in [2.75, 3.05) is 30.3 Å². The number of piperidine rings is 1. The molecule has 2 heterocycles. The molecule has 1 atom stereocenters. The van der Waals surface area contributed by atoms with E-state index >= 15 is 0 Å². The van der Waals surface area contributed by atoms with Gasteiger partial charge in [-0.3, -0.25) is 19.0 Å². The molecule has 0 radical (unpaired) electrons. The summed E-state index contributed by atoms with van der Waals surface area (Å²) < 4.78 is 1.30. The van der Waals surface area contributed by atoms with Crippen LogP contribution in [0.2, 0.25) is 0 Å². The maximum absolute atomic E-state index is 12.7. The van der Waals surface area contributed by atoms with Crippen LogP contribution >= 0.6 is 0 Å². The predicted octanol–water partition coefficient (Wildman–Crippen LogP) is 0.759. The van der Waals surface area contributed by atoms with Crippen LogP contribution in [-0.4, -0.2) is 68.6 Å². The Bertz CT molecular complexity index is 1560. The quantitative estimate of drug-likeness (QED) is 0.257. The molecule has 0 spiro atoms. The van der Waals surface area contributed by atoms with E-state index in [9.17, 15) is 24.3 Å². The summed E-state index contributed by atoms with van der Waals surface area (Å²) in [5.41, 5.74) is 11.6. The van der Waals surface area contributed by atoms with E-state index in [4.69, 9.17) is 11.5 Å². The number of aliphatic hydroxyl groups excluding tert-OH is 1. The third kappa shape index (κ3) is 7.67. The molecule has 1 unspecified atom stereocenters. The van der Waals surface area contributed by atoms with Crippen LogP contribution in [-0.2, 0) is 11.3 Å². The first-order valence-corrected chi connectivity index (χ1v) is 13.4. The van der Waals surface area contributed by atoms with Crippen molar-refractivity contribution in [3.63, 3.8) is 0 Å². The molecule has 0 saturated carbocycles. The maximum Gasteiger partial charge on any atom is 0.350 e. The van der Waals surface area contributed by atoms with Gasteiger partial charge in [-0.05, 0) is 74.4 Å². The number of aliphatic hydroxyl groups is 1. The largest absolute Gasteiger partial charge is 0.394 e. The highest BCUT2D eigenvalue weighted by molar-refractivity contribution is 6.04. The maximum atomic E-state index is 12.7. The van der Waals surface area contributed by atoms with Crippen LogP contribution in [0, 0.1) is 11.8 Å². The van der Waals surface area contributed by atoms with Crippen LogP contribution in [0.15, 0.2) is 65.6 Å². The molecule has 12 nitrogen and oxygen atoms in total. The molecule has 7 N–H and O–H groups in total. The molecule has 42 heavy (non-hydrogen) atoms. The van der Waals surface area contributed by atoms with E-state index in [1.165, 1.54) is 48.0 Å². The minimum Gasteiger partial charge on any atom is -0.394 e. The van der Waals surface area contributed by atoms with Gasteiger partial charge in [-0.1, -0.05) is 11.8 Å². The van der Waals surface area contributed by atoms with E-state index in [1.807, 2.05) is 4.90 Å². The van der Waals surface area contributed by atoms with Crippen molar-refractivity contribution < 1.29 is 19.5 Å². The lowest BCUT2D eigenvalue weighted by Crippen LogP contribution is -2.51. The van der Waals surface area contributed by atoms with E-state index in [-0.39, 0.29) is 29.9 Å².